The number of carbonyl (C=O) groups is 1. The maximum atomic E-state index is 14.0. The molecule has 0 aromatic heterocycles. The van der Waals surface area contributed by atoms with Crippen LogP contribution in [0.2, 0.25) is 0 Å². The Kier molecular flexibility index (Phi) is 9.59. The number of ketones is 1. The molecule has 12 bridgehead atoms. The van der Waals surface area contributed by atoms with Crippen LogP contribution in [0.1, 0.15) is 97.3 Å². The zero-order valence-corrected chi connectivity index (χ0v) is 30.4. The van der Waals surface area contributed by atoms with Crippen molar-refractivity contribution < 1.29 is 47.8 Å². The van der Waals surface area contributed by atoms with Crippen LogP contribution in [0.5, 0.6) is 0 Å². The predicted molar refractivity (Wildman–Crippen MR) is 185 cm³/mol. The maximum absolute atomic E-state index is 14.0. The lowest BCUT2D eigenvalue weighted by atomic mass is 9.78. The van der Waals surface area contributed by atoms with Gasteiger partial charge in [-0.3, -0.25) is 4.79 Å². The van der Waals surface area contributed by atoms with Gasteiger partial charge in [-0.25, -0.2) is 0 Å². The fraction of sp³-hybridized carbons (Fsp3) is 0.875. The van der Waals surface area contributed by atoms with E-state index in [9.17, 15) is 9.90 Å². The summed E-state index contributed by atoms with van der Waals surface area (Å²) in [5.74, 6) is -0.222. The van der Waals surface area contributed by atoms with Gasteiger partial charge in [-0.15, -0.1) is 0 Å². The lowest BCUT2D eigenvalue weighted by Gasteiger charge is -2.47. The monoisotopic (exact) mass is 713 g/mol. The second kappa shape index (κ2) is 13.8. The first-order chi connectivity index (χ1) is 24.6. The van der Waals surface area contributed by atoms with Crippen LogP contribution < -0.4 is 5.73 Å². The summed E-state index contributed by atoms with van der Waals surface area (Å²) in [6.07, 6.45) is 6.43. The molecule has 11 nitrogen and oxygen atoms in total. The molecule has 10 aliphatic rings. The lowest BCUT2D eigenvalue weighted by Crippen LogP contribution is -2.61. The summed E-state index contributed by atoms with van der Waals surface area (Å²) in [5.41, 5.74) is 8.06. The van der Waals surface area contributed by atoms with Crippen molar-refractivity contribution in [2.75, 3.05) is 6.54 Å². The zero-order valence-electron chi connectivity index (χ0n) is 30.4. The van der Waals surface area contributed by atoms with Crippen LogP contribution >= 0.6 is 0 Å². The molecule has 10 saturated heterocycles. The SMILES string of the molecule is C=C1C[C@@H]2CC[C@@]34C[C@H]5O[C@H]6[C@@H](O3)C3OC(CCC3O[C@H]6C5O4)CC(=O)C[C@@H]3[C@@H](C)[C@@H](C[C@H](O)CN)O[C@H]3C[C@H]3O[C@@H](CC[C@@H]1O2)C[C@@H](C)C3=C. The topological polar surface area (TPSA) is 137 Å². The number of ether oxygens (including phenoxy) is 8. The van der Waals surface area contributed by atoms with E-state index in [0.29, 0.717) is 44.4 Å². The highest BCUT2D eigenvalue weighted by molar-refractivity contribution is 5.79. The number of hydrogen-bond acceptors (Lipinski definition) is 11. The molecule has 284 valence electrons. The molecule has 10 aliphatic heterocycles. The second-order valence-electron chi connectivity index (χ2n) is 17.6. The Hall–Kier alpha value is -1.25. The lowest BCUT2D eigenvalue weighted by molar-refractivity contribution is -0.292. The average molecular weight is 714 g/mol. The van der Waals surface area contributed by atoms with Crippen molar-refractivity contribution in [3.63, 3.8) is 0 Å². The van der Waals surface area contributed by atoms with Crippen LogP contribution in [-0.4, -0.2) is 115 Å². The Balaban J connectivity index is 0.986. The first-order valence-corrected chi connectivity index (χ1v) is 20.1. The molecule has 0 saturated carbocycles. The normalized spacial score (nSPS) is 53.2. The van der Waals surface area contributed by atoms with Crippen LogP contribution in [0, 0.1) is 17.8 Å². The van der Waals surface area contributed by atoms with Gasteiger partial charge < -0.3 is 48.7 Å². The Morgan fingerprint density at radius 2 is 1.51 bits per heavy atom. The number of aliphatic hydroxyl groups excluding tert-OH is 1. The number of nitrogens with two attached hydrogens (primary N) is 1. The molecule has 10 rings (SSSR count). The minimum absolute atomic E-state index is 0.00127. The second-order valence-corrected chi connectivity index (χ2v) is 17.6. The van der Waals surface area contributed by atoms with Gasteiger partial charge in [0.1, 0.15) is 36.3 Å². The van der Waals surface area contributed by atoms with E-state index in [1.807, 2.05) is 0 Å². The Labute approximate surface area is 302 Å². The van der Waals surface area contributed by atoms with Gasteiger partial charge in [0.25, 0.3) is 0 Å². The summed E-state index contributed by atoms with van der Waals surface area (Å²) in [7, 11) is 0. The van der Waals surface area contributed by atoms with Crippen LogP contribution in [0.3, 0.4) is 0 Å². The van der Waals surface area contributed by atoms with E-state index in [-0.39, 0.29) is 110 Å². The van der Waals surface area contributed by atoms with Gasteiger partial charge in [0.05, 0.1) is 61.0 Å². The smallest absolute Gasteiger partial charge is 0.172 e. The van der Waals surface area contributed by atoms with Gasteiger partial charge >= 0.3 is 0 Å². The molecule has 51 heavy (non-hydrogen) atoms. The third-order valence-corrected chi connectivity index (χ3v) is 14.2. The molecule has 19 atom stereocenters. The van der Waals surface area contributed by atoms with Crippen LogP contribution in [0.15, 0.2) is 24.3 Å². The Morgan fingerprint density at radius 1 is 0.765 bits per heavy atom. The number of carbonyl (C=O) groups excluding carboxylic acids is 1. The summed E-state index contributed by atoms with van der Waals surface area (Å²) in [6.45, 7) is 13.5. The minimum Gasteiger partial charge on any atom is -0.392 e. The van der Waals surface area contributed by atoms with Gasteiger partial charge in [0.2, 0.25) is 0 Å². The van der Waals surface area contributed by atoms with Crippen molar-refractivity contribution >= 4 is 5.78 Å². The highest BCUT2D eigenvalue weighted by atomic mass is 16.8. The summed E-state index contributed by atoms with van der Waals surface area (Å²) in [4.78, 5) is 14.0. The van der Waals surface area contributed by atoms with Crippen molar-refractivity contribution in [2.24, 2.45) is 23.5 Å². The van der Waals surface area contributed by atoms with E-state index >= 15 is 0 Å². The van der Waals surface area contributed by atoms with Crippen molar-refractivity contribution in [3.05, 3.63) is 24.3 Å². The fourth-order valence-electron chi connectivity index (χ4n) is 11.3. The number of fused-ring (bicyclic) bond motifs is 6. The summed E-state index contributed by atoms with van der Waals surface area (Å²) < 4.78 is 54.0. The molecule has 4 unspecified atom stereocenters. The van der Waals surface area contributed by atoms with Gasteiger partial charge in [-0.05, 0) is 73.8 Å². The molecule has 1 spiro atoms. The highest BCUT2D eigenvalue weighted by Gasteiger charge is 2.68. The molecule has 10 heterocycles. The molecule has 3 N–H and O–H groups in total. The van der Waals surface area contributed by atoms with Crippen molar-refractivity contribution in [1.29, 1.82) is 0 Å². The fourth-order valence-corrected chi connectivity index (χ4v) is 11.3. The molecule has 10 fully saturated rings. The average Bonchev–Trinajstić information content (AvgIpc) is 3.77. The zero-order chi connectivity index (χ0) is 35.2. The third kappa shape index (κ3) is 6.53. The maximum Gasteiger partial charge on any atom is 0.172 e. The number of rotatable bonds is 3. The summed E-state index contributed by atoms with van der Waals surface area (Å²) in [6, 6.07) is 0. The van der Waals surface area contributed by atoms with Crippen LogP contribution in [0.25, 0.3) is 0 Å². The van der Waals surface area contributed by atoms with Crippen LogP contribution in [-0.2, 0) is 42.7 Å². The van der Waals surface area contributed by atoms with E-state index in [2.05, 4.69) is 27.0 Å². The van der Waals surface area contributed by atoms with Gasteiger partial charge in [-0.2, -0.15) is 0 Å². The predicted octanol–water partition coefficient (Wildman–Crippen LogP) is 4.06. The number of hydrogen-bond donors (Lipinski definition) is 2. The number of Topliss-reactive ketones (excluding diaryl/α,β-unsaturated/α-hetero) is 1. The van der Waals surface area contributed by atoms with Gasteiger partial charge in [-0.1, -0.05) is 27.0 Å². The van der Waals surface area contributed by atoms with Crippen molar-refractivity contribution in [1.82, 2.24) is 0 Å². The first kappa shape index (κ1) is 35.5. The molecular weight excluding hydrogens is 654 g/mol. The summed E-state index contributed by atoms with van der Waals surface area (Å²) >= 11 is 0. The molecule has 0 amide bonds. The Bertz CT molecular complexity index is 1360. The quantitative estimate of drug-likeness (QED) is 0.410. The molecular formula is C40H59NO10. The van der Waals surface area contributed by atoms with Crippen molar-refractivity contribution in [2.45, 2.75) is 195 Å². The minimum atomic E-state index is -0.765. The van der Waals surface area contributed by atoms with E-state index in [0.717, 1.165) is 56.1 Å². The summed E-state index contributed by atoms with van der Waals surface area (Å²) in [5, 5.41) is 10.5. The van der Waals surface area contributed by atoms with E-state index in [4.69, 9.17) is 43.6 Å². The Morgan fingerprint density at radius 3 is 2.35 bits per heavy atom. The van der Waals surface area contributed by atoms with E-state index < -0.39 is 11.9 Å². The largest absolute Gasteiger partial charge is 0.392 e. The van der Waals surface area contributed by atoms with Gasteiger partial charge in [0.15, 0.2) is 5.79 Å². The van der Waals surface area contributed by atoms with Gasteiger partial charge in [0, 0.05) is 45.1 Å². The first-order valence-electron chi connectivity index (χ1n) is 20.1. The molecule has 11 heteroatoms. The standard InChI is InChI=1S/C40H59NO10/c1-19-11-25-5-7-29-20(2)12-27(44-29)9-10-40-17-34-36(50-40)37-38(49-34)39(51-40)35-30(48-37)8-6-26(46-35)13-23(42)14-28-22(4)31(15-24(43)18-41)47-33(28)16-32(45-25)21(19)3/h19,22,24-39,43H,2-3,5-18,41H2,1,4H3/t19-,22-,24+,25+,26?,27+,28-,29+,30?,31-,32-,33+,34-,35?,36?,37+,38-,39+,40+/m1/s1. The van der Waals surface area contributed by atoms with Crippen molar-refractivity contribution in [3.8, 4) is 0 Å². The molecule has 0 aromatic carbocycles. The molecule has 0 aliphatic carbocycles. The van der Waals surface area contributed by atoms with E-state index in [1.165, 1.54) is 0 Å². The van der Waals surface area contributed by atoms with E-state index in [1.54, 1.807) is 0 Å². The molecule has 0 aromatic rings. The third-order valence-electron chi connectivity index (χ3n) is 14.2. The highest BCUT2D eigenvalue weighted by Crippen LogP contribution is 2.54. The van der Waals surface area contributed by atoms with Crippen LogP contribution in [0.4, 0.5) is 0 Å². The number of aliphatic hydroxyl groups is 1. The molecule has 0 radical (unpaired) electrons.